The molecule has 3 aromatic carbocycles. The highest BCUT2D eigenvalue weighted by molar-refractivity contribution is 6.65. The molecule has 42 heteroatoms. The van der Waals surface area contributed by atoms with Gasteiger partial charge in [-0.2, -0.15) is 0 Å². The molecular weight excluding hydrogens is 1940 g/mol. The second-order valence-electron chi connectivity index (χ2n) is 45.6. The number of carbonyl (C=O) groups excluding carboxylic acids is 15. The normalized spacial score (nSPS) is 37.0. The summed E-state index contributed by atoms with van der Waals surface area (Å²) < 4.78 is 70.5. The number of ether oxygens (including phenoxy) is 12. The highest BCUT2D eigenvalue weighted by atomic mass is 16.6. The number of carbonyl (C=O) groups is 15. The van der Waals surface area contributed by atoms with Crippen LogP contribution in [-0.2, 0) is 129 Å². The zero-order valence-electron chi connectivity index (χ0n) is 88.9. The van der Waals surface area contributed by atoms with Gasteiger partial charge in [0.2, 0.25) is 12.2 Å². The number of ketones is 3. The van der Waals surface area contributed by atoms with Gasteiger partial charge < -0.3 is 135 Å². The highest BCUT2D eigenvalue weighted by Gasteiger charge is 2.79. The molecule has 15 N–H and O–H groups in total. The average molecular weight is 2090 g/mol. The number of Topliss-reactive ketones (excluding diaryl/α,β-unsaturated/α-hetero) is 3. The van der Waals surface area contributed by atoms with Crippen LogP contribution in [-0.4, -0.2) is 290 Å². The van der Waals surface area contributed by atoms with Gasteiger partial charge in [-0.25, -0.2) is 14.4 Å². The number of hydrogen-bond acceptors (Lipinski definition) is 39. The largest absolute Gasteiger partial charge is 0.461 e. The third-order valence-corrected chi connectivity index (χ3v) is 36.8. The van der Waals surface area contributed by atoms with Gasteiger partial charge in [-0.3, -0.25) is 43.2 Å². The maximum absolute atomic E-state index is 15.2. The van der Waals surface area contributed by atoms with Gasteiger partial charge in [-0.05, 0) is 127 Å². The van der Waals surface area contributed by atoms with Crippen LogP contribution in [0.5, 0.6) is 0 Å². The van der Waals surface area contributed by atoms with Crippen molar-refractivity contribution in [1.82, 2.24) is 15.7 Å². The van der Waals surface area contributed by atoms with E-state index in [0.29, 0.717) is 65.2 Å². The summed E-state index contributed by atoms with van der Waals surface area (Å²) in [5.41, 5.74) is 5.20. The fraction of sp³-hybridized carbons (Fsp3) is 0.639. The number of hydrogen-bond donors (Lipinski definition) is 12. The molecule has 0 unspecified atom stereocenters. The number of aliphatic hydroxyl groups is 6. The summed E-state index contributed by atoms with van der Waals surface area (Å²) >= 11 is 0. The van der Waals surface area contributed by atoms with Crippen molar-refractivity contribution in [1.29, 1.82) is 0 Å². The second kappa shape index (κ2) is 43.9. The minimum Gasteiger partial charge on any atom is -0.461 e. The second-order valence-corrected chi connectivity index (χ2v) is 45.6. The zero-order chi connectivity index (χ0) is 111. The molecular formula is C108H144B3N6O33. The lowest BCUT2D eigenvalue weighted by molar-refractivity contribution is -0.304. The van der Waals surface area contributed by atoms with Crippen molar-refractivity contribution in [3.63, 3.8) is 0 Å². The maximum Gasteiger partial charge on any atom is 0.350 e. The van der Waals surface area contributed by atoms with E-state index in [2.05, 4.69) is 15.7 Å². The molecule has 150 heavy (non-hydrogen) atoms. The Kier molecular flexibility index (Phi) is 34.2. The van der Waals surface area contributed by atoms with Gasteiger partial charge >= 0.3 is 53.7 Å². The summed E-state index contributed by atoms with van der Waals surface area (Å²) in [4.78, 5) is 196. The Balaban J connectivity index is 0.000000187. The first-order chi connectivity index (χ1) is 70.2. The molecule has 6 saturated carbocycles. The molecule has 3 heterocycles. The monoisotopic (exact) mass is 2090 g/mol. The van der Waals surface area contributed by atoms with Crippen molar-refractivity contribution in [3.8, 4) is 0 Å². The predicted octanol–water partition coefficient (Wildman–Crippen LogP) is 3.99. The topological polar surface area (TPSA) is 602 Å². The average Bonchev–Trinajstić information content (AvgIpc) is 0.678. The van der Waals surface area contributed by atoms with Crippen molar-refractivity contribution >= 4 is 112 Å². The molecule has 15 rings (SSSR count). The summed E-state index contributed by atoms with van der Waals surface area (Å²) in [5.74, 6) is -13.2. The van der Waals surface area contributed by atoms with Crippen LogP contribution in [0.2, 0.25) is 0 Å². The SMILES string of the molecule is CC(=O)O[C@H]1C(=O)[C@@]2(C)[C@H]([C@H](C)[C@]3(O)C[C@H](OC(=O)[C@H](OC(=O)CN)[C@@H](N[B]C=O)c4ccccc4)C(C)=C1C3(C)C)[C@]1(C)CO[C@@H]1C[C@@H]2O.CC(=O)O[C@H]1C(=O)[C@]2(C)[C@@H](OC(=O)CN)C[C@H]3OC[C@@]3(C)[C@H]2[C@H](C)[C@]2(O)C[C@H](OC(=O)[C@H](O)[C@@H](N[B]C=O)c3ccccc3)C(C)=C1C2(C)C.CC(=O)O[C@H]1C[C@H]2OC[C@@]2(C)[C@H]2[C@H](C)[C@]3(O)C[C@H](OC(=O)[C@H](OC(=O)CN)[C@@H](N[B]C=O)c4ccccc4)C(C)=C([C@@H](O)C(=O)[C@]12C)C3(C)C. The van der Waals surface area contributed by atoms with Gasteiger partial charge in [0.05, 0.1) is 134 Å². The van der Waals surface area contributed by atoms with Gasteiger partial charge in [0.1, 0.15) is 36.6 Å². The standard InChI is InChI=1S/3C36H48BN2O11/c1-18-22(49-32(45)28(43)27(39-37-17-40)21-11-9-8-10-12-21)14-36(46)19(2)30-34(6)16-47-23(34)13-24(50-25(42)15-38)35(30,7)31(44)29(48-20(3)41)26(18)33(36,4)5;1-18-22(49-32(45)29(50-25(43)15-38)27(39-37-17-40)21-11-9-8-10-12-21)14-36(46)19(2)30-34(6)16-47-24(34)13-23(42)35(30,7)31(44)28(48-20(3)41)26(18)33(36,4)5;1-18-22(49-32(45)29(50-25(42)15-38)27(39-37-17-40)21-11-9-8-10-12-21)14-36(46)19(2)30-34(6)16-47-23(34)13-24(48-20(3)41)35(30,7)31(44)28(43)26(18)33(36,4)5/h8-12,17,19,22-24,27-30,39,43,46H,13-16,38H2,1-7H3;8-12,17,19,22-24,27-30,39,42,46H,13-16,38H2,1-7H3;8-12,17,19,22-24,27-30,39,43,46H,13-16,38H2,1-7H3/t19-,22-,23+,24-,27-,28+,29+,30+,34+,35+,36+;19-,22-,23-,24+,27-,28+,29+,30+,34+,35+,36+;19-,22-,23+,24-,27-,28+,29+,30+,34+,35+,36+/m000/s1. The van der Waals surface area contributed by atoms with Gasteiger partial charge in [-0.1, -0.05) is 174 Å². The van der Waals surface area contributed by atoms with E-state index in [1.807, 2.05) is 41.5 Å². The third-order valence-electron chi connectivity index (χ3n) is 36.8. The van der Waals surface area contributed by atoms with E-state index in [0.717, 1.165) is 22.2 Å². The number of fused-ring (bicyclic) bond motifs is 15. The number of nitrogens with two attached hydrogens (primary N) is 3. The molecule has 33 atom stereocenters. The Labute approximate surface area is 875 Å². The van der Waals surface area contributed by atoms with Crippen LogP contribution in [0.15, 0.2) is 124 Å². The first kappa shape index (κ1) is 117. The molecule has 9 aliphatic carbocycles. The quantitative estimate of drug-likeness (QED) is 0.0148. The zero-order valence-corrected chi connectivity index (χ0v) is 88.9. The summed E-state index contributed by atoms with van der Waals surface area (Å²) in [6, 6.07) is 22.4. The molecule has 0 aromatic heterocycles. The predicted molar refractivity (Wildman–Crippen MR) is 538 cm³/mol. The Bertz CT molecular complexity index is 5790. The minimum atomic E-state index is -1.78. The Morgan fingerprint density at radius 3 is 1.05 bits per heavy atom. The molecule has 0 amide bonds. The molecule has 3 aromatic rings. The fourth-order valence-corrected chi connectivity index (χ4v) is 29.1. The highest BCUT2D eigenvalue weighted by Crippen LogP contribution is 2.72. The van der Waals surface area contributed by atoms with E-state index < -0.39 is 289 Å². The molecule has 0 spiro atoms. The molecule has 39 nitrogen and oxygen atoms in total. The molecule has 6 bridgehead atoms. The molecule has 3 aliphatic heterocycles. The molecule has 813 valence electrons. The van der Waals surface area contributed by atoms with Crippen molar-refractivity contribution < 1.29 is 159 Å². The van der Waals surface area contributed by atoms with Crippen molar-refractivity contribution in [2.45, 2.75) is 310 Å². The van der Waals surface area contributed by atoms with E-state index in [1.165, 1.54) is 20.8 Å². The van der Waals surface area contributed by atoms with Crippen LogP contribution in [0.25, 0.3) is 0 Å². The van der Waals surface area contributed by atoms with E-state index in [-0.39, 0.29) is 74.1 Å². The third kappa shape index (κ3) is 19.7. The van der Waals surface area contributed by atoms with Crippen molar-refractivity contribution in [3.05, 3.63) is 141 Å². The van der Waals surface area contributed by atoms with Crippen LogP contribution >= 0.6 is 0 Å². The van der Waals surface area contributed by atoms with Crippen molar-refractivity contribution in [2.24, 2.45) is 101 Å². The molecule has 3 saturated heterocycles. The van der Waals surface area contributed by atoms with Gasteiger partial charge in [0.25, 0.3) is 22.2 Å². The number of esters is 9. The summed E-state index contributed by atoms with van der Waals surface area (Å²) in [6.07, 6.45) is -15.8. The summed E-state index contributed by atoms with van der Waals surface area (Å²) in [5, 5.41) is 82.7. The lowest BCUT2D eigenvalue weighted by Gasteiger charge is -2.68. The van der Waals surface area contributed by atoms with Crippen LogP contribution in [0, 0.1) is 84.2 Å². The number of nitrogens with one attached hydrogen (secondary N) is 3. The molecule has 12 aliphatic rings. The van der Waals surface area contributed by atoms with E-state index in [4.69, 9.17) is 74.0 Å². The van der Waals surface area contributed by atoms with Gasteiger partial charge in [0.15, 0.2) is 35.7 Å². The lowest BCUT2D eigenvalue weighted by atomic mass is 9.40. The smallest absolute Gasteiger partial charge is 0.350 e. The van der Waals surface area contributed by atoms with E-state index in [1.54, 1.807) is 174 Å². The van der Waals surface area contributed by atoms with E-state index in [9.17, 15) is 97.8 Å². The number of aliphatic hydroxyl groups excluding tert-OH is 3. The van der Waals surface area contributed by atoms with E-state index >= 15 is 4.79 Å². The van der Waals surface area contributed by atoms with Gasteiger partial charge in [0, 0.05) is 91.8 Å². The first-order valence-electron chi connectivity index (χ1n) is 51.1. The first-order valence-corrected chi connectivity index (χ1v) is 51.1. The Morgan fingerprint density at radius 1 is 0.413 bits per heavy atom. The number of benzene rings is 3. The van der Waals surface area contributed by atoms with Crippen LogP contribution < -0.4 is 32.9 Å². The van der Waals surface area contributed by atoms with Crippen LogP contribution in [0.3, 0.4) is 0 Å². The number of rotatable bonds is 30. The molecule has 3 radical (unpaired) electrons. The van der Waals surface area contributed by atoms with Crippen LogP contribution in [0.1, 0.15) is 219 Å². The summed E-state index contributed by atoms with van der Waals surface area (Å²) in [6.45, 7) is 35.2. The van der Waals surface area contributed by atoms with Crippen LogP contribution in [0.4, 0.5) is 0 Å². The molecule has 9 fully saturated rings. The summed E-state index contributed by atoms with van der Waals surface area (Å²) in [7, 11) is 3.20. The minimum absolute atomic E-state index is 0.124. The maximum atomic E-state index is 15.2. The van der Waals surface area contributed by atoms with Crippen molar-refractivity contribution in [2.75, 3.05) is 39.5 Å². The van der Waals surface area contributed by atoms with Gasteiger partial charge in [-0.15, -0.1) is 0 Å². The fourth-order valence-electron chi connectivity index (χ4n) is 29.1. The Hall–Kier alpha value is -10.3. The lowest BCUT2D eigenvalue weighted by Crippen LogP contribution is -2.75. The Morgan fingerprint density at radius 2 is 0.713 bits per heavy atom.